The van der Waals surface area contributed by atoms with E-state index in [0.29, 0.717) is 11.8 Å². The summed E-state index contributed by atoms with van der Waals surface area (Å²) >= 11 is 0. The van der Waals surface area contributed by atoms with Crippen molar-refractivity contribution in [2.75, 3.05) is 6.61 Å². The smallest absolute Gasteiger partial charge is 0.0497 e. The highest BCUT2D eigenvalue weighted by Gasteiger charge is 2.13. The van der Waals surface area contributed by atoms with Crippen LogP contribution in [0, 0.1) is 0 Å². The molecule has 1 unspecified atom stereocenters. The molecule has 1 aromatic rings. The highest BCUT2D eigenvalue weighted by molar-refractivity contribution is 5.37. The van der Waals surface area contributed by atoms with Crippen LogP contribution in [0.3, 0.4) is 0 Å². The maximum atomic E-state index is 9.32. The summed E-state index contributed by atoms with van der Waals surface area (Å²) in [6.45, 7) is 11.1. The van der Waals surface area contributed by atoms with E-state index in [9.17, 15) is 5.11 Å². The fourth-order valence-electron chi connectivity index (χ4n) is 2.00. The first-order valence-corrected chi connectivity index (χ1v) is 6.22. The summed E-state index contributed by atoms with van der Waals surface area (Å²) < 4.78 is 0. The Labute approximate surface area is 99.5 Å². The quantitative estimate of drug-likeness (QED) is 0.812. The summed E-state index contributed by atoms with van der Waals surface area (Å²) in [7, 11) is 0. The topological polar surface area (TPSA) is 20.2 Å². The molecular weight excluding hydrogens is 196 g/mol. The molecule has 16 heavy (non-hydrogen) atoms. The standard InChI is InChI=1S/C15H24O/c1-10(2)13-6-7-14(11(3)4)15(8-13)12(5)9-16/h6-8,10-12,16H,9H2,1-5H3. The lowest BCUT2D eigenvalue weighted by Gasteiger charge is -2.19. The molecule has 0 fully saturated rings. The van der Waals surface area contributed by atoms with Crippen LogP contribution in [0.25, 0.3) is 0 Å². The molecule has 1 nitrogen and oxygen atoms in total. The van der Waals surface area contributed by atoms with Crippen LogP contribution in [-0.2, 0) is 0 Å². The van der Waals surface area contributed by atoms with E-state index in [4.69, 9.17) is 0 Å². The van der Waals surface area contributed by atoms with Crippen molar-refractivity contribution in [3.05, 3.63) is 34.9 Å². The average Bonchev–Trinajstić information content (AvgIpc) is 2.26. The van der Waals surface area contributed by atoms with Crippen molar-refractivity contribution in [2.24, 2.45) is 0 Å². The van der Waals surface area contributed by atoms with E-state index in [1.807, 2.05) is 0 Å². The summed E-state index contributed by atoms with van der Waals surface area (Å²) in [5.74, 6) is 1.30. The first kappa shape index (κ1) is 13.2. The van der Waals surface area contributed by atoms with Crippen LogP contribution in [0.4, 0.5) is 0 Å². The van der Waals surface area contributed by atoms with Crippen LogP contribution >= 0.6 is 0 Å². The fourth-order valence-corrected chi connectivity index (χ4v) is 2.00. The molecule has 0 aromatic heterocycles. The molecule has 0 radical (unpaired) electrons. The predicted octanol–water partition coefficient (Wildman–Crippen LogP) is 4.03. The van der Waals surface area contributed by atoms with Crippen molar-refractivity contribution >= 4 is 0 Å². The SMILES string of the molecule is CC(C)c1ccc(C(C)C)c(C(C)CO)c1. The van der Waals surface area contributed by atoms with Gasteiger partial charge in [-0.05, 0) is 28.5 Å². The molecule has 0 amide bonds. The third-order valence-electron chi connectivity index (χ3n) is 3.20. The van der Waals surface area contributed by atoms with Gasteiger partial charge in [0.1, 0.15) is 0 Å². The highest BCUT2D eigenvalue weighted by atomic mass is 16.3. The monoisotopic (exact) mass is 220 g/mol. The maximum absolute atomic E-state index is 9.32. The fraction of sp³-hybridized carbons (Fsp3) is 0.600. The van der Waals surface area contributed by atoms with Gasteiger partial charge in [0.25, 0.3) is 0 Å². The summed E-state index contributed by atoms with van der Waals surface area (Å²) in [5, 5.41) is 9.32. The van der Waals surface area contributed by atoms with E-state index in [0.717, 1.165) is 0 Å². The second kappa shape index (κ2) is 5.49. The molecule has 90 valence electrons. The van der Waals surface area contributed by atoms with Crippen molar-refractivity contribution in [2.45, 2.75) is 52.4 Å². The first-order chi connectivity index (χ1) is 7.47. The Hall–Kier alpha value is -0.820. The van der Waals surface area contributed by atoms with Gasteiger partial charge in [-0.25, -0.2) is 0 Å². The Morgan fingerprint density at radius 2 is 1.56 bits per heavy atom. The minimum atomic E-state index is 0.223. The Morgan fingerprint density at radius 1 is 0.938 bits per heavy atom. The molecule has 0 saturated heterocycles. The van der Waals surface area contributed by atoms with Crippen molar-refractivity contribution < 1.29 is 5.11 Å². The Kier molecular flexibility index (Phi) is 4.55. The summed E-state index contributed by atoms with van der Waals surface area (Å²) in [6.07, 6.45) is 0. The van der Waals surface area contributed by atoms with Gasteiger partial charge >= 0.3 is 0 Å². The largest absolute Gasteiger partial charge is 0.396 e. The lowest BCUT2D eigenvalue weighted by molar-refractivity contribution is 0.272. The van der Waals surface area contributed by atoms with Crippen LogP contribution in [0.15, 0.2) is 18.2 Å². The molecule has 1 atom stereocenters. The lowest BCUT2D eigenvalue weighted by atomic mass is 9.87. The van der Waals surface area contributed by atoms with E-state index in [-0.39, 0.29) is 12.5 Å². The van der Waals surface area contributed by atoms with Crippen molar-refractivity contribution in [3.63, 3.8) is 0 Å². The van der Waals surface area contributed by atoms with Crippen LogP contribution in [0.5, 0.6) is 0 Å². The number of aliphatic hydroxyl groups excluding tert-OH is 1. The minimum absolute atomic E-state index is 0.223. The average molecular weight is 220 g/mol. The molecule has 0 bridgehead atoms. The second-order valence-corrected chi connectivity index (χ2v) is 5.28. The zero-order valence-electron chi connectivity index (χ0n) is 11.1. The summed E-state index contributed by atoms with van der Waals surface area (Å²) in [6, 6.07) is 6.70. The van der Waals surface area contributed by atoms with E-state index in [2.05, 4.69) is 52.8 Å². The lowest BCUT2D eigenvalue weighted by Crippen LogP contribution is -2.06. The van der Waals surface area contributed by atoms with Crippen molar-refractivity contribution in [1.82, 2.24) is 0 Å². The molecule has 0 heterocycles. The number of benzene rings is 1. The van der Waals surface area contributed by atoms with Gasteiger partial charge in [0.05, 0.1) is 0 Å². The highest BCUT2D eigenvalue weighted by Crippen LogP contribution is 2.29. The van der Waals surface area contributed by atoms with E-state index in [1.165, 1.54) is 16.7 Å². The molecule has 1 aromatic carbocycles. The van der Waals surface area contributed by atoms with Crippen LogP contribution in [0.1, 0.15) is 69.1 Å². The van der Waals surface area contributed by atoms with Crippen LogP contribution in [0.2, 0.25) is 0 Å². The van der Waals surface area contributed by atoms with E-state index < -0.39 is 0 Å². The third kappa shape index (κ3) is 2.85. The number of hydrogen-bond donors (Lipinski definition) is 1. The van der Waals surface area contributed by atoms with Gasteiger partial charge in [0.15, 0.2) is 0 Å². The van der Waals surface area contributed by atoms with Crippen LogP contribution in [-0.4, -0.2) is 11.7 Å². The second-order valence-electron chi connectivity index (χ2n) is 5.28. The van der Waals surface area contributed by atoms with Crippen molar-refractivity contribution in [1.29, 1.82) is 0 Å². The third-order valence-corrected chi connectivity index (χ3v) is 3.20. The Bertz CT molecular complexity index is 339. The Balaban J connectivity index is 3.21. The zero-order chi connectivity index (χ0) is 12.3. The normalized spacial score (nSPS) is 13.5. The van der Waals surface area contributed by atoms with Gasteiger partial charge in [0, 0.05) is 12.5 Å². The van der Waals surface area contributed by atoms with E-state index >= 15 is 0 Å². The van der Waals surface area contributed by atoms with Gasteiger partial charge in [-0.3, -0.25) is 0 Å². The molecule has 0 spiro atoms. The molecule has 0 aliphatic carbocycles. The molecule has 0 aliphatic heterocycles. The Morgan fingerprint density at radius 3 is 2.00 bits per heavy atom. The molecule has 1 rings (SSSR count). The van der Waals surface area contributed by atoms with E-state index in [1.54, 1.807) is 0 Å². The van der Waals surface area contributed by atoms with Gasteiger partial charge < -0.3 is 5.11 Å². The zero-order valence-corrected chi connectivity index (χ0v) is 11.1. The molecular formula is C15H24O. The van der Waals surface area contributed by atoms with Gasteiger partial charge in [-0.15, -0.1) is 0 Å². The maximum Gasteiger partial charge on any atom is 0.0497 e. The van der Waals surface area contributed by atoms with Crippen LogP contribution < -0.4 is 0 Å². The molecule has 1 heteroatoms. The van der Waals surface area contributed by atoms with Gasteiger partial charge in [0.2, 0.25) is 0 Å². The van der Waals surface area contributed by atoms with Gasteiger partial charge in [-0.2, -0.15) is 0 Å². The van der Waals surface area contributed by atoms with Gasteiger partial charge in [-0.1, -0.05) is 52.8 Å². The molecule has 0 saturated carbocycles. The van der Waals surface area contributed by atoms with Crippen molar-refractivity contribution in [3.8, 4) is 0 Å². The number of rotatable bonds is 4. The summed E-state index contributed by atoms with van der Waals surface area (Å²) in [5.41, 5.74) is 4.04. The summed E-state index contributed by atoms with van der Waals surface area (Å²) in [4.78, 5) is 0. The number of aliphatic hydroxyl groups is 1. The molecule has 1 N–H and O–H groups in total. The minimum Gasteiger partial charge on any atom is -0.396 e. The predicted molar refractivity (Wildman–Crippen MR) is 70.1 cm³/mol. The molecule has 0 aliphatic rings. The first-order valence-electron chi connectivity index (χ1n) is 6.22. The number of hydrogen-bond acceptors (Lipinski definition) is 1.